The van der Waals surface area contributed by atoms with Gasteiger partial charge in [-0.05, 0) is 32.9 Å². The summed E-state index contributed by atoms with van der Waals surface area (Å²) in [6.07, 6.45) is 2.30. The molecule has 4 N–H and O–H groups in total. The van der Waals surface area contributed by atoms with Crippen molar-refractivity contribution in [2.45, 2.75) is 44.8 Å². The molecule has 1 saturated heterocycles. The van der Waals surface area contributed by atoms with Crippen molar-refractivity contribution in [1.82, 2.24) is 15.0 Å². The smallest absolute Gasteiger partial charge is 0.278 e. The quantitative estimate of drug-likeness (QED) is 0.687. The van der Waals surface area contributed by atoms with Gasteiger partial charge in [0, 0.05) is 18.9 Å². The summed E-state index contributed by atoms with van der Waals surface area (Å²) in [6.45, 7) is 5.84. The number of nitrogens with two attached hydrogens (primary N) is 1. The average molecular weight is 386 g/mol. The molecule has 0 radical (unpaired) electrons. The number of nitrogens with zero attached hydrogens (tertiary/aromatic N) is 3. The van der Waals surface area contributed by atoms with Crippen LogP contribution >= 0.6 is 0 Å². The van der Waals surface area contributed by atoms with Gasteiger partial charge in [0.25, 0.3) is 11.5 Å². The van der Waals surface area contributed by atoms with Gasteiger partial charge in [0.1, 0.15) is 6.10 Å². The molecule has 2 aromatic rings. The van der Waals surface area contributed by atoms with E-state index in [1.807, 2.05) is 20.8 Å². The maximum Gasteiger partial charge on any atom is 0.278 e. The predicted molar refractivity (Wildman–Crippen MR) is 102 cm³/mol. The minimum atomic E-state index is -0.792. The third-order valence-electron chi connectivity index (χ3n) is 4.82. The molecule has 0 aliphatic carbocycles. The largest absolute Gasteiger partial charge is 0.369 e. The summed E-state index contributed by atoms with van der Waals surface area (Å²) in [5.41, 5.74) is 5.60. The molecule has 0 bridgehead atoms. The summed E-state index contributed by atoms with van der Waals surface area (Å²) in [4.78, 5) is 38.1. The molecule has 3 atom stereocenters. The highest BCUT2D eigenvalue weighted by molar-refractivity contribution is 6.08. The highest BCUT2D eigenvalue weighted by Crippen LogP contribution is 2.36. The molecule has 1 amide bonds. The lowest BCUT2D eigenvalue weighted by Crippen LogP contribution is -2.57. The topological polar surface area (TPSA) is 135 Å². The van der Waals surface area contributed by atoms with Gasteiger partial charge < -0.3 is 20.5 Å². The number of carbonyl (C=O) groups excluding carboxylic acids is 1. The van der Waals surface area contributed by atoms with Crippen LogP contribution in [-0.4, -0.2) is 51.4 Å². The minimum Gasteiger partial charge on any atom is -0.369 e. The summed E-state index contributed by atoms with van der Waals surface area (Å²) in [7, 11) is 0. The molecule has 10 nitrogen and oxygen atoms in total. The van der Waals surface area contributed by atoms with Gasteiger partial charge in [-0.15, -0.1) is 0 Å². The Hall–Kier alpha value is -2.98. The van der Waals surface area contributed by atoms with E-state index in [4.69, 9.17) is 15.2 Å². The maximum atomic E-state index is 13.4. The van der Waals surface area contributed by atoms with Crippen molar-refractivity contribution in [1.29, 1.82) is 0 Å². The lowest BCUT2D eigenvalue weighted by Gasteiger charge is -2.39. The van der Waals surface area contributed by atoms with E-state index in [-0.39, 0.29) is 29.5 Å². The van der Waals surface area contributed by atoms with Crippen LogP contribution in [0.4, 0.5) is 17.5 Å². The first kappa shape index (κ1) is 18.4. The van der Waals surface area contributed by atoms with Crippen LogP contribution in [-0.2, 0) is 9.47 Å². The summed E-state index contributed by atoms with van der Waals surface area (Å²) in [6, 6.07) is 2.81. The number of anilines is 3. The number of aromatic nitrogens is 3. The number of aromatic amines is 1. The zero-order valence-electron chi connectivity index (χ0n) is 15.8. The Morgan fingerprint density at radius 3 is 2.82 bits per heavy atom. The number of hydrogen-bond donors (Lipinski definition) is 3. The average Bonchev–Trinajstić information content (AvgIpc) is 2.93. The molecule has 4 heterocycles. The SMILES string of the molecule is C[C@@H]1OC(C)(C)O[C@@H]1[C@H]1CNc2nc(N)[nH]c(=O)c2N1C(=O)c1cccnc1. The van der Waals surface area contributed by atoms with E-state index < -0.39 is 23.5 Å². The van der Waals surface area contributed by atoms with Crippen LogP contribution in [0.15, 0.2) is 29.3 Å². The Balaban J connectivity index is 1.82. The van der Waals surface area contributed by atoms with E-state index in [0.717, 1.165) is 0 Å². The number of nitrogen functional groups attached to an aromatic ring is 1. The van der Waals surface area contributed by atoms with E-state index in [0.29, 0.717) is 12.1 Å². The lowest BCUT2D eigenvalue weighted by atomic mass is 10.0. The van der Waals surface area contributed by atoms with Crippen LogP contribution in [0, 0.1) is 0 Å². The first-order valence-corrected chi connectivity index (χ1v) is 9.00. The molecule has 0 unspecified atom stereocenters. The monoisotopic (exact) mass is 386 g/mol. The normalized spacial score (nSPS) is 25.8. The second-order valence-corrected chi connectivity index (χ2v) is 7.32. The van der Waals surface area contributed by atoms with Crippen molar-refractivity contribution in [3.8, 4) is 0 Å². The molecule has 28 heavy (non-hydrogen) atoms. The Morgan fingerprint density at radius 2 is 2.18 bits per heavy atom. The van der Waals surface area contributed by atoms with Gasteiger partial charge in [-0.2, -0.15) is 4.98 Å². The molecule has 2 aromatic heterocycles. The summed E-state index contributed by atoms with van der Waals surface area (Å²) in [5, 5.41) is 3.10. The predicted octanol–water partition coefficient (Wildman–Crippen LogP) is 0.728. The number of H-pyrrole nitrogens is 1. The first-order valence-electron chi connectivity index (χ1n) is 9.00. The van der Waals surface area contributed by atoms with Crippen molar-refractivity contribution < 1.29 is 14.3 Å². The molecule has 0 aromatic carbocycles. The Kier molecular flexibility index (Phi) is 4.31. The van der Waals surface area contributed by atoms with Crippen LogP contribution in [0.2, 0.25) is 0 Å². The van der Waals surface area contributed by atoms with Crippen LogP contribution in [0.25, 0.3) is 0 Å². The fourth-order valence-electron chi connectivity index (χ4n) is 3.79. The molecule has 4 rings (SSSR count). The van der Waals surface area contributed by atoms with E-state index >= 15 is 0 Å². The van der Waals surface area contributed by atoms with E-state index in [2.05, 4.69) is 20.3 Å². The number of pyridine rings is 1. The number of carbonyl (C=O) groups is 1. The Morgan fingerprint density at radius 1 is 1.39 bits per heavy atom. The maximum absolute atomic E-state index is 13.4. The second-order valence-electron chi connectivity index (χ2n) is 7.32. The van der Waals surface area contributed by atoms with Crippen molar-refractivity contribution in [3.63, 3.8) is 0 Å². The standard InChI is InChI=1S/C18H22N6O4/c1-9-13(28-18(2,3)27-9)11-8-21-14-12(15(25)23-17(19)22-14)24(11)16(26)10-5-4-6-20-7-10/h4-7,9,11,13H,8H2,1-3H3,(H4,19,21,22,23,25)/t9-,11+,13-/m0/s1. The number of fused-ring (bicyclic) bond motifs is 1. The highest BCUT2D eigenvalue weighted by atomic mass is 16.8. The molecule has 10 heteroatoms. The lowest BCUT2D eigenvalue weighted by molar-refractivity contribution is -0.146. The molecular formula is C18H22N6O4. The van der Waals surface area contributed by atoms with Gasteiger partial charge in [0.15, 0.2) is 17.3 Å². The Labute approximate surface area is 161 Å². The summed E-state index contributed by atoms with van der Waals surface area (Å²) >= 11 is 0. The summed E-state index contributed by atoms with van der Waals surface area (Å²) in [5.74, 6) is -0.948. The zero-order chi connectivity index (χ0) is 20.1. The van der Waals surface area contributed by atoms with E-state index in [1.54, 1.807) is 18.3 Å². The van der Waals surface area contributed by atoms with Gasteiger partial charge in [-0.3, -0.25) is 24.5 Å². The Bertz CT molecular complexity index is 960. The fraction of sp³-hybridized carbons (Fsp3) is 0.444. The van der Waals surface area contributed by atoms with Crippen LogP contribution in [0.1, 0.15) is 31.1 Å². The van der Waals surface area contributed by atoms with Crippen LogP contribution in [0.3, 0.4) is 0 Å². The number of ether oxygens (including phenoxy) is 2. The van der Waals surface area contributed by atoms with Gasteiger partial charge >= 0.3 is 0 Å². The van der Waals surface area contributed by atoms with Gasteiger partial charge in [-0.1, -0.05) is 0 Å². The highest BCUT2D eigenvalue weighted by Gasteiger charge is 2.48. The van der Waals surface area contributed by atoms with Gasteiger partial charge in [0.05, 0.1) is 17.7 Å². The zero-order valence-corrected chi connectivity index (χ0v) is 15.8. The second kappa shape index (κ2) is 6.57. The third-order valence-corrected chi connectivity index (χ3v) is 4.82. The van der Waals surface area contributed by atoms with E-state index in [1.165, 1.54) is 11.1 Å². The molecule has 0 saturated carbocycles. The molecule has 2 aliphatic heterocycles. The number of nitrogens with one attached hydrogen (secondary N) is 2. The van der Waals surface area contributed by atoms with Gasteiger partial charge in [0.2, 0.25) is 5.95 Å². The summed E-state index contributed by atoms with van der Waals surface area (Å²) < 4.78 is 11.9. The molecule has 0 spiro atoms. The minimum absolute atomic E-state index is 0.0292. The fourth-order valence-corrected chi connectivity index (χ4v) is 3.79. The molecule has 2 aliphatic rings. The number of rotatable bonds is 2. The van der Waals surface area contributed by atoms with E-state index in [9.17, 15) is 9.59 Å². The first-order chi connectivity index (χ1) is 13.3. The van der Waals surface area contributed by atoms with Crippen LogP contribution in [0.5, 0.6) is 0 Å². The van der Waals surface area contributed by atoms with Crippen LogP contribution < -0.4 is 21.5 Å². The van der Waals surface area contributed by atoms with Gasteiger partial charge in [-0.25, -0.2) is 0 Å². The van der Waals surface area contributed by atoms with Crippen molar-refractivity contribution >= 4 is 23.4 Å². The third kappa shape index (κ3) is 3.10. The molecule has 148 valence electrons. The van der Waals surface area contributed by atoms with Crippen molar-refractivity contribution in [3.05, 3.63) is 40.4 Å². The molecular weight excluding hydrogens is 364 g/mol. The van der Waals surface area contributed by atoms with Crippen molar-refractivity contribution in [2.75, 3.05) is 22.5 Å². The molecule has 1 fully saturated rings. The van der Waals surface area contributed by atoms with Crippen molar-refractivity contribution in [2.24, 2.45) is 0 Å². The number of hydrogen-bond acceptors (Lipinski definition) is 8. The number of amides is 1.